The molecule has 0 atom stereocenters. The van der Waals surface area contributed by atoms with E-state index in [1.807, 2.05) is 4.90 Å². The van der Waals surface area contributed by atoms with E-state index in [2.05, 4.69) is 15.3 Å². The third-order valence-electron chi connectivity index (χ3n) is 3.41. The molecule has 0 spiro atoms. The van der Waals surface area contributed by atoms with Crippen molar-refractivity contribution in [1.29, 1.82) is 0 Å². The molecule has 0 bridgehead atoms. The molecule has 2 amide bonds. The maximum Gasteiger partial charge on any atom is 0.312 e. The van der Waals surface area contributed by atoms with E-state index >= 15 is 0 Å². The maximum atomic E-state index is 12.0. The minimum atomic E-state index is -0.555. The van der Waals surface area contributed by atoms with Crippen LogP contribution in [0.5, 0.6) is 0 Å². The Morgan fingerprint density at radius 3 is 2.55 bits per heavy atom. The number of carbonyl (C=O) groups excluding carboxylic acids is 2. The lowest BCUT2D eigenvalue weighted by Crippen LogP contribution is -2.53. The van der Waals surface area contributed by atoms with E-state index < -0.39 is 11.8 Å². The van der Waals surface area contributed by atoms with Crippen molar-refractivity contribution < 1.29 is 14.3 Å². The lowest BCUT2D eigenvalue weighted by atomic mass is 10.3. The molecule has 0 aliphatic carbocycles. The molecule has 1 aliphatic rings. The summed E-state index contributed by atoms with van der Waals surface area (Å²) >= 11 is 0. The fraction of sp³-hybridized carbons (Fsp3) is 0.571. The van der Waals surface area contributed by atoms with Crippen LogP contribution < -0.4 is 10.2 Å². The van der Waals surface area contributed by atoms with Crippen LogP contribution in [0, 0.1) is 0 Å². The summed E-state index contributed by atoms with van der Waals surface area (Å²) < 4.78 is 4.89. The molecule has 0 aromatic carbocycles. The molecule has 120 valence electrons. The van der Waals surface area contributed by atoms with Gasteiger partial charge in [-0.15, -0.1) is 0 Å². The maximum absolute atomic E-state index is 12.0. The Labute approximate surface area is 129 Å². The first kappa shape index (κ1) is 16.2. The first-order valence-electron chi connectivity index (χ1n) is 7.30. The first-order chi connectivity index (χ1) is 10.7. The van der Waals surface area contributed by atoms with Gasteiger partial charge in [0, 0.05) is 58.8 Å². The van der Waals surface area contributed by atoms with Gasteiger partial charge in [-0.2, -0.15) is 0 Å². The number of piperazine rings is 1. The van der Waals surface area contributed by atoms with Crippen molar-refractivity contribution in [2.24, 2.45) is 0 Å². The average Bonchev–Trinajstić information content (AvgIpc) is 2.59. The Balaban J connectivity index is 1.76. The highest BCUT2D eigenvalue weighted by molar-refractivity contribution is 6.35. The van der Waals surface area contributed by atoms with Gasteiger partial charge >= 0.3 is 11.8 Å². The normalized spacial score (nSPS) is 14.8. The van der Waals surface area contributed by atoms with Crippen LogP contribution in [0.2, 0.25) is 0 Å². The first-order valence-corrected chi connectivity index (χ1v) is 7.30. The quantitative estimate of drug-likeness (QED) is 0.570. The summed E-state index contributed by atoms with van der Waals surface area (Å²) in [4.78, 5) is 35.7. The molecule has 2 heterocycles. The summed E-state index contributed by atoms with van der Waals surface area (Å²) in [5.41, 5.74) is 0. The van der Waals surface area contributed by atoms with E-state index in [0.29, 0.717) is 51.7 Å². The number of ether oxygens (including phenoxy) is 1. The summed E-state index contributed by atoms with van der Waals surface area (Å²) in [6, 6.07) is 1.76. The van der Waals surface area contributed by atoms with Crippen molar-refractivity contribution in [1.82, 2.24) is 20.2 Å². The smallest absolute Gasteiger partial charge is 0.312 e. The molecule has 0 saturated carbocycles. The number of nitrogens with zero attached hydrogens (tertiary/aromatic N) is 4. The number of hydrogen-bond acceptors (Lipinski definition) is 6. The fourth-order valence-electron chi connectivity index (χ4n) is 2.20. The SMILES string of the molecule is COCCCNC(=O)C(=O)N1CCN(c2ncccn2)CC1. The Morgan fingerprint density at radius 1 is 1.23 bits per heavy atom. The highest BCUT2D eigenvalue weighted by Gasteiger charge is 2.26. The Bertz CT molecular complexity index is 489. The predicted molar refractivity (Wildman–Crippen MR) is 80.3 cm³/mol. The van der Waals surface area contributed by atoms with E-state index in [-0.39, 0.29) is 0 Å². The van der Waals surface area contributed by atoms with Crippen molar-refractivity contribution in [3.05, 3.63) is 18.5 Å². The molecular weight excluding hydrogens is 286 g/mol. The molecule has 1 aromatic heterocycles. The van der Waals surface area contributed by atoms with Gasteiger partial charge in [0.1, 0.15) is 0 Å². The van der Waals surface area contributed by atoms with E-state index in [9.17, 15) is 9.59 Å². The molecule has 2 rings (SSSR count). The third-order valence-corrected chi connectivity index (χ3v) is 3.41. The van der Waals surface area contributed by atoms with Gasteiger partial charge in [0.05, 0.1) is 0 Å². The van der Waals surface area contributed by atoms with Gasteiger partial charge in [0.15, 0.2) is 0 Å². The molecular formula is C14H21N5O3. The van der Waals surface area contributed by atoms with Gasteiger partial charge in [-0.1, -0.05) is 0 Å². The standard InChI is InChI=1S/C14H21N5O3/c1-22-11-3-6-15-12(20)13(21)18-7-9-19(10-8-18)14-16-4-2-5-17-14/h2,4-5H,3,6-11H2,1H3,(H,15,20). The second kappa shape index (κ2) is 8.28. The van der Waals surface area contributed by atoms with Crippen LogP contribution in [-0.2, 0) is 14.3 Å². The van der Waals surface area contributed by atoms with E-state index in [4.69, 9.17) is 4.74 Å². The van der Waals surface area contributed by atoms with Crippen LogP contribution >= 0.6 is 0 Å². The van der Waals surface area contributed by atoms with Gasteiger partial charge in [-0.3, -0.25) is 9.59 Å². The van der Waals surface area contributed by atoms with Gasteiger partial charge in [-0.05, 0) is 12.5 Å². The predicted octanol–water partition coefficient (Wildman–Crippen LogP) is -0.722. The minimum absolute atomic E-state index is 0.441. The summed E-state index contributed by atoms with van der Waals surface area (Å²) in [5, 5.41) is 2.61. The second-order valence-electron chi connectivity index (χ2n) is 4.93. The lowest BCUT2D eigenvalue weighted by Gasteiger charge is -2.34. The van der Waals surface area contributed by atoms with E-state index in [1.54, 1.807) is 30.5 Å². The van der Waals surface area contributed by atoms with Crippen LogP contribution in [0.25, 0.3) is 0 Å². The zero-order valence-electron chi connectivity index (χ0n) is 12.7. The number of nitrogens with one attached hydrogen (secondary N) is 1. The number of aromatic nitrogens is 2. The van der Waals surface area contributed by atoms with Crippen LogP contribution in [0.4, 0.5) is 5.95 Å². The van der Waals surface area contributed by atoms with Crippen molar-refractivity contribution in [2.45, 2.75) is 6.42 Å². The van der Waals surface area contributed by atoms with Crippen LogP contribution in [0.1, 0.15) is 6.42 Å². The highest BCUT2D eigenvalue weighted by Crippen LogP contribution is 2.09. The van der Waals surface area contributed by atoms with Gasteiger partial charge in [-0.25, -0.2) is 9.97 Å². The summed E-state index contributed by atoms with van der Waals surface area (Å²) in [6.45, 7) is 3.21. The van der Waals surface area contributed by atoms with Crippen LogP contribution in [-0.4, -0.2) is 73.1 Å². The summed E-state index contributed by atoms with van der Waals surface area (Å²) in [6.07, 6.45) is 4.06. The fourth-order valence-corrected chi connectivity index (χ4v) is 2.20. The van der Waals surface area contributed by atoms with Crippen LogP contribution in [0.15, 0.2) is 18.5 Å². The van der Waals surface area contributed by atoms with Crippen molar-refractivity contribution in [3.8, 4) is 0 Å². The van der Waals surface area contributed by atoms with Gasteiger partial charge in [0.25, 0.3) is 0 Å². The molecule has 8 nitrogen and oxygen atoms in total. The number of methoxy groups -OCH3 is 1. The molecule has 8 heteroatoms. The topological polar surface area (TPSA) is 87.7 Å². The number of carbonyl (C=O) groups is 2. The van der Waals surface area contributed by atoms with Gasteiger partial charge in [0.2, 0.25) is 5.95 Å². The van der Waals surface area contributed by atoms with E-state index in [0.717, 1.165) is 0 Å². The monoisotopic (exact) mass is 307 g/mol. The average molecular weight is 307 g/mol. The van der Waals surface area contributed by atoms with E-state index in [1.165, 1.54) is 0 Å². The molecule has 1 saturated heterocycles. The summed E-state index contributed by atoms with van der Waals surface area (Å²) in [5.74, 6) is -0.384. The van der Waals surface area contributed by atoms with Crippen molar-refractivity contribution >= 4 is 17.8 Å². The Kier molecular flexibility index (Phi) is 6.08. The summed E-state index contributed by atoms with van der Waals surface area (Å²) in [7, 11) is 1.60. The minimum Gasteiger partial charge on any atom is -0.385 e. The molecule has 22 heavy (non-hydrogen) atoms. The van der Waals surface area contributed by atoms with Crippen LogP contribution in [0.3, 0.4) is 0 Å². The molecule has 1 aromatic rings. The zero-order chi connectivity index (χ0) is 15.8. The second-order valence-corrected chi connectivity index (χ2v) is 4.93. The largest absolute Gasteiger partial charge is 0.385 e. The molecule has 1 N–H and O–H groups in total. The molecule has 1 aliphatic heterocycles. The number of amides is 2. The molecule has 0 radical (unpaired) electrons. The number of anilines is 1. The van der Waals surface area contributed by atoms with Crippen molar-refractivity contribution in [3.63, 3.8) is 0 Å². The number of hydrogen-bond donors (Lipinski definition) is 1. The molecule has 0 unspecified atom stereocenters. The Hall–Kier alpha value is -2.22. The number of rotatable bonds is 5. The highest BCUT2D eigenvalue weighted by atomic mass is 16.5. The molecule has 1 fully saturated rings. The van der Waals surface area contributed by atoms with Gasteiger partial charge < -0.3 is 19.9 Å². The van der Waals surface area contributed by atoms with Crippen molar-refractivity contribution in [2.75, 3.05) is 51.3 Å². The zero-order valence-corrected chi connectivity index (χ0v) is 12.7. The Morgan fingerprint density at radius 2 is 1.91 bits per heavy atom. The lowest BCUT2D eigenvalue weighted by molar-refractivity contribution is -0.146. The third kappa shape index (κ3) is 4.39.